The molecule has 5 N–H and O–H groups in total. The van der Waals surface area contributed by atoms with Crippen LogP contribution in [-0.2, 0) is 54.4 Å². The second kappa shape index (κ2) is 42.2. The fourth-order valence-corrected chi connectivity index (χ4v) is 23.2. The largest absolute Gasteiger partial charge is 0.444 e. The van der Waals surface area contributed by atoms with Gasteiger partial charge in [-0.2, -0.15) is 20.4 Å². The fraction of sp³-hybridized carbons (Fsp3) is 0.476. The van der Waals surface area contributed by atoms with Crippen molar-refractivity contribution in [3.63, 3.8) is 0 Å². The molecule has 8 aliphatic rings. The van der Waals surface area contributed by atoms with Gasteiger partial charge in [-0.1, -0.05) is 42.8 Å². The van der Waals surface area contributed by atoms with Gasteiger partial charge >= 0.3 is 6.09 Å². The lowest BCUT2D eigenvalue weighted by Gasteiger charge is -2.40. The number of likely N-dealkylation sites (tertiary alicyclic amines) is 3. The monoisotopic (exact) mass is 2100 g/mol. The van der Waals surface area contributed by atoms with Crippen molar-refractivity contribution in [1.29, 1.82) is 0 Å². The number of nitrogens with one attached hydrogen (secondary N) is 4. The minimum atomic E-state index is -3.63. The van der Waals surface area contributed by atoms with Gasteiger partial charge in [0, 0.05) is 153 Å². The van der Waals surface area contributed by atoms with Crippen LogP contribution in [0.3, 0.4) is 0 Å². The molecule has 4 aliphatic heterocycles. The molecule has 39 nitrogen and oxygen atoms in total. The summed E-state index contributed by atoms with van der Waals surface area (Å²) in [6.45, 7) is 23.5. The number of carbonyl (C=O) groups excluding carboxylic acids is 6. The highest BCUT2D eigenvalue weighted by atomic mass is 32.2. The summed E-state index contributed by atoms with van der Waals surface area (Å²) < 4.78 is 127. The van der Waals surface area contributed by atoms with E-state index in [1.807, 2.05) is 144 Å². The van der Waals surface area contributed by atoms with Crippen molar-refractivity contribution < 1.29 is 77.0 Å². The van der Waals surface area contributed by atoms with Crippen molar-refractivity contribution in [3.05, 3.63) is 195 Å². The Labute approximate surface area is 863 Å². The van der Waals surface area contributed by atoms with Gasteiger partial charge in [-0.05, 0) is 272 Å². The first kappa shape index (κ1) is 106. The van der Waals surface area contributed by atoms with Crippen LogP contribution in [0.4, 0.5) is 27.5 Å². The number of aromatic nitrogens is 11. The average Bonchev–Trinajstić information content (AvgIpc) is 1.60. The molecule has 4 saturated carbocycles. The number of pyridine rings is 3. The molecule has 0 bridgehead atoms. The molecule has 0 radical (unpaired) electrons. The lowest BCUT2D eigenvalue weighted by atomic mass is 9.85. The van der Waals surface area contributed by atoms with Crippen LogP contribution in [-0.4, -0.2) is 293 Å². The first-order valence-electron chi connectivity index (χ1n) is 50.2. The smallest absolute Gasteiger partial charge is 0.410 e. The van der Waals surface area contributed by atoms with E-state index in [2.05, 4.69) is 43.1 Å². The molecular weight excluding hydrogens is 1970 g/mol. The zero-order valence-corrected chi connectivity index (χ0v) is 90.1. The highest BCUT2D eigenvalue weighted by Crippen LogP contribution is 2.52. The summed E-state index contributed by atoms with van der Waals surface area (Å²) in [5.74, 6) is 1.87. The van der Waals surface area contributed by atoms with Gasteiger partial charge in [-0.3, -0.25) is 46.1 Å². The standard InChI is InChI=1S/C29H38N6O5S.C26H32N6O4S.2C25H31N5O4S/c1-18-7-10-25(31-15-18)35-26(27(36)30-5)22-13-21(20-8-9-20)24(14-23(22)32-35)34(41(6,38)39)12-11-19-16-33(17-19)28(37)40-29(2,3)4;1-16-5-8-24(28-13-16)32-25(26(34)27-3)21-11-20(19-6-7-19)23(12-22(21)29-32)31(37(4,35)36)10-9-18-14-30(15-18)17(2)33;1-16-5-8-22(27-13-16)30-23(24(31)26-3)19-11-18(17-6-7-17)21(12-20(19)28-30)29(35(4,32)33)10-9-25(2)14-34-15-25;1-16-4-8-18(9-5-16)30-24(25(32)26-2)21-12-20(17-6-7-17)23(13-22(21)27-30)29(35(3,33)34)11-10-28-14-19(31)15-28/h7,10,13-15,19-20H,8-9,11-12,16-17H2,1-6H3,(H,30,36);5,8,11-13,18-19H,6-7,9-10,14-15H2,1-4H3,(H,27,34);5,8,11-13,17H,6-7,9-10,14-15H2,1-4H3,(H,26,31);4-5,8-9,12-13,17,19,31H,6-7,10-11,14-15H2,1-3H3,(H,26,32). The second-order valence-electron chi connectivity index (χ2n) is 42.0. The molecule has 0 unspecified atom stereocenters. The molecule has 6 amide bonds. The molecule has 20 rings (SSSR count). The van der Waals surface area contributed by atoms with Crippen LogP contribution < -0.4 is 38.5 Å². The van der Waals surface area contributed by atoms with E-state index < -0.39 is 45.7 Å². The maximum Gasteiger partial charge on any atom is 0.410 e. The third-order valence-electron chi connectivity index (χ3n) is 28.3. The molecule has 788 valence electrons. The molecular formula is C105H132N22O17S4. The van der Waals surface area contributed by atoms with Crippen LogP contribution >= 0.6 is 0 Å². The number of fused-ring (bicyclic) bond motifs is 4. The zero-order chi connectivity index (χ0) is 106. The predicted octanol–water partition coefficient (Wildman–Crippen LogP) is 11.8. The summed E-state index contributed by atoms with van der Waals surface area (Å²) in [7, 11) is -7.98. The Hall–Kier alpha value is -13.1. The van der Waals surface area contributed by atoms with Gasteiger partial charge in [-0.25, -0.2) is 72.1 Å². The van der Waals surface area contributed by atoms with Crippen molar-refractivity contribution >= 4 is 142 Å². The van der Waals surface area contributed by atoms with E-state index >= 15 is 0 Å². The number of carbonyl (C=O) groups is 6. The Morgan fingerprint density at radius 3 is 1.01 bits per heavy atom. The van der Waals surface area contributed by atoms with Gasteiger partial charge in [-0.15, -0.1) is 0 Å². The molecule has 11 heterocycles. The summed E-state index contributed by atoms with van der Waals surface area (Å²) in [5.41, 5.74) is 14.1. The van der Waals surface area contributed by atoms with E-state index in [0.29, 0.717) is 198 Å². The van der Waals surface area contributed by atoms with Crippen molar-refractivity contribution in [2.24, 2.45) is 17.3 Å². The van der Waals surface area contributed by atoms with Crippen molar-refractivity contribution in [1.82, 2.24) is 90.0 Å². The summed E-state index contributed by atoms with van der Waals surface area (Å²) in [5, 5.41) is 42.0. The number of aliphatic hydroxyl groups excluding tert-OH is 1. The van der Waals surface area contributed by atoms with E-state index in [0.717, 1.165) is 102 Å². The molecule has 5 aromatic carbocycles. The molecule has 7 aromatic heterocycles. The number of nitrogens with zero attached hydrogens (tertiary/aromatic N) is 18. The van der Waals surface area contributed by atoms with Crippen molar-refractivity contribution in [3.8, 4) is 23.1 Å². The molecule has 8 fully saturated rings. The fourth-order valence-electron chi connectivity index (χ4n) is 19.4. The quantitative estimate of drug-likeness (QED) is 0.0261. The van der Waals surface area contributed by atoms with Gasteiger partial charge < -0.3 is 45.6 Å². The number of β-amino-alcohol motifs (C(OH)–C–C–N with tert-alkyl or cyclic N) is 1. The lowest BCUT2D eigenvalue weighted by Crippen LogP contribution is -2.53. The van der Waals surface area contributed by atoms with Crippen LogP contribution in [0.25, 0.3) is 66.8 Å². The number of hydrogen-bond acceptors (Lipinski definition) is 25. The Kier molecular flexibility index (Phi) is 30.3. The molecule has 43 heteroatoms. The first-order chi connectivity index (χ1) is 70.1. The summed E-state index contributed by atoms with van der Waals surface area (Å²) >= 11 is 0. The van der Waals surface area contributed by atoms with Crippen molar-refractivity contribution in [2.75, 3.05) is 156 Å². The van der Waals surface area contributed by atoms with E-state index in [1.54, 1.807) is 91.1 Å². The number of benzene rings is 5. The van der Waals surface area contributed by atoms with Crippen LogP contribution in [0.15, 0.2) is 128 Å². The summed E-state index contributed by atoms with van der Waals surface area (Å²) in [4.78, 5) is 94.7. The summed E-state index contributed by atoms with van der Waals surface area (Å²) in [6, 6.07) is 33.9. The number of rotatable bonds is 32. The summed E-state index contributed by atoms with van der Waals surface area (Å²) in [6.07, 6.45) is 19.1. The number of hydrogen-bond donors (Lipinski definition) is 5. The third-order valence-corrected chi connectivity index (χ3v) is 33.0. The molecule has 4 aliphatic carbocycles. The number of ether oxygens (including phenoxy) is 2. The highest BCUT2D eigenvalue weighted by Gasteiger charge is 2.43. The number of sulfonamides is 4. The Bertz CT molecular complexity index is 7600. The molecule has 148 heavy (non-hydrogen) atoms. The first-order valence-corrected chi connectivity index (χ1v) is 57.6. The Morgan fingerprint density at radius 2 is 0.730 bits per heavy atom. The minimum Gasteiger partial charge on any atom is -0.444 e. The SMILES string of the molecule is CNC(=O)c1c2cc(C3CC3)c(N(CCC3(C)COC3)S(C)(=O)=O)cc2nn1-c1ccc(C)cn1.CNC(=O)c1c2cc(C3CC3)c(N(CCC3CN(C(=O)OC(C)(C)C)C3)S(C)(=O)=O)cc2nn1-c1ccc(C)cn1.CNC(=O)c1c2cc(C3CC3)c(N(CCC3CN(C(C)=O)C3)S(C)(=O)=O)cc2nn1-c1ccc(C)cn1.CNC(=O)c1c2cc(C3CC3)c(N(CCN3CC(O)C3)S(C)(=O)=O)cc2nn1-c1ccc(C)cc1. The van der Waals surface area contributed by atoms with Gasteiger partial charge in [0.05, 0.1) is 94.8 Å². The van der Waals surface area contributed by atoms with Crippen LogP contribution in [0.2, 0.25) is 0 Å². The lowest BCUT2D eigenvalue weighted by molar-refractivity contribution is -0.135. The number of amides is 6. The molecule has 12 aromatic rings. The maximum atomic E-state index is 13.1. The van der Waals surface area contributed by atoms with E-state index in [1.165, 1.54) is 51.6 Å². The van der Waals surface area contributed by atoms with E-state index in [4.69, 9.17) is 29.9 Å². The van der Waals surface area contributed by atoms with E-state index in [-0.39, 0.29) is 95.7 Å². The Morgan fingerprint density at radius 1 is 0.426 bits per heavy atom. The molecule has 4 saturated heterocycles. The molecule has 0 spiro atoms. The average molecular weight is 2100 g/mol. The van der Waals surface area contributed by atoms with Crippen LogP contribution in [0.5, 0.6) is 0 Å². The number of anilines is 4. The van der Waals surface area contributed by atoms with Crippen LogP contribution in [0, 0.1) is 44.9 Å². The van der Waals surface area contributed by atoms with Gasteiger partial charge in [0.25, 0.3) is 23.6 Å². The topological polar surface area (TPSA) is 458 Å². The minimum absolute atomic E-state index is 0.0160. The third kappa shape index (κ3) is 23.6. The van der Waals surface area contributed by atoms with Crippen molar-refractivity contribution in [2.45, 2.75) is 168 Å². The number of aryl methyl sites for hydroxylation is 4. The van der Waals surface area contributed by atoms with E-state index in [9.17, 15) is 67.5 Å². The molecule has 0 atom stereocenters. The van der Waals surface area contributed by atoms with Gasteiger partial charge in [0.1, 0.15) is 28.4 Å². The maximum absolute atomic E-state index is 13.1. The number of aliphatic hydroxyl groups is 1. The highest BCUT2D eigenvalue weighted by molar-refractivity contribution is 7.93. The second-order valence-corrected chi connectivity index (χ2v) is 49.6. The van der Waals surface area contributed by atoms with Crippen LogP contribution in [0.1, 0.15) is 215 Å². The normalized spacial score (nSPS) is 16.5. The van der Waals surface area contributed by atoms with Gasteiger partial charge in [0.2, 0.25) is 46.0 Å². The van der Waals surface area contributed by atoms with Gasteiger partial charge in [0.15, 0.2) is 17.5 Å². The zero-order valence-electron chi connectivity index (χ0n) is 86.8. The predicted molar refractivity (Wildman–Crippen MR) is 569 cm³/mol. The Balaban J connectivity index is 0.000000135.